The predicted octanol–water partition coefficient (Wildman–Crippen LogP) is 1.35. The summed E-state index contributed by atoms with van der Waals surface area (Å²) in [5.41, 5.74) is 0. The van der Waals surface area contributed by atoms with E-state index < -0.39 is 0 Å². The summed E-state index contributed by atoms with van der Waals surface area (Å²) in [7, 11) is 0. The molecule has 2 atom stereocenters. The lowest BCUT2D eigenvalue weighted by molar-refractivity contribution is -0.129. The lowest BCUT2D eigenvalue weighted by atomic mass is 10.2. The lowest BCUT2D eigenvalue weighted by Gasteiger charge is -2.36. The highest BCUT2D eigenvalue weighted by Crippen LogP contribution is 2.12. The van der Waals surface area contributed by atoms with E-state index >= 15 is 0 Å². The third-order valence-corrected chi connectivity index (χ3v) is 4.94. The highest BCUT2D eigenvalue weighted by atomic mass is 32.1. The summed E-state index contributed by atoms with van der Waals surface area (Å²) in [4.78, 5) is 15.7. The number of rotatable bonds is 6. The van der Waals surface area contributed by atoms with E-state index in [1.165, 1.54) is 4.88 Å². The van der Waals surface area contributed by atoms with E-state index in [0.29, 0.717) is 19.7 Å². The van der Waals surface area contributed by atoms with Gasteiger partial charge in [0.15, 0.2) is 0 Å². The molecule has 2 aromatic heterocycles. The van der Waals surface area contributed by atoms with Crippen LogP contribution in [0.3, 0.4) is 0 Å². The molecule has 124 valence electrons. The zero-order valence-electron chi connectivity index (χ0n) is 13.2. The summed E-state index contributed by atoms with van der Waals surface area (Å²) in [6, 6.07) is 5.78. The van der Waals surface area contributed by atoms with Gasteiger partial charge in [0.05, 0.1) is 31.8 Å². The molecule has 1 amide bonds. The molecule has 7 heteroatoms. The van der Waals surface area contributed by atoms with Crippen LogP contribution in [0.5, 0.6) is 0 Å². The predicted molar refractivity (Wildman–Crippen MR) is 89.2 cm³/mol. The quantitative estimate of drug-likeness (QED) is 0.866. The minimum absolute atomic E-state index is 0.0659. The molecular weight excluding hydrogens is 312 g/mol. The van der Waals surface area contributed by atoms with E-state index in [4.69, 9.17) is 4.74 Å². The third kappa shape index (κ3) is 4.40. The summed E-state index contributed by atoms with van der Waals surface area (Å²) < 4.78 is 7.67. The van der Waals surface area contributed by atoms with Crippen LogP contribution in [0.2, 0.25) is 0 Å². The molecule has 1 saturated heterocycles. The lowest BCUT2D eigenvalue weighted by Crippen LogP contribution is -2.52. The smallest absolute Gasteiger partial charge is 0.237 e. The SMILES string of the molecule is CC(C(=O)NCc1cccs1)N1CCOC(Cn2cccn2)C1. The number of amides is 1. The van der Waals surface area contributed by atoms with Crippen LogP contribution in [0.4, 0.5) is 0 Å². The molecule has 0 saturated carbocycles. The number of carbonyl (C=O) groups excluding carboxylic acids is 1. The molecule has 0 aliphatic carbocycles. The molecule has 6 nitrogen and oxygen atoms in total. The normalized spacial score (nSPS) is 20.3. The van der Waals surface area contributed by atoms with Crippen LogP contribution in [-0.4, -0.2) is 52.4 Å². The number of carbonyl (C=O) groups is 1. The Morgan fingerprint density at radius 3 is 3.22 bits per heavy atom. The zero-order chi connectivity index (χ0) is 16.1. The van der Waals surface area contributed by atoms with Gasteiger partial charge in [-0.15, -0.1) is 11.3 Å². The van der Waals surface area contributed by atoms with Crippen molar-refractivity contribution < 1.29 is 9.53 Å². The van der Waals surface area contributed by atoms with Crippen LogP contribution in [0.25, 0.3) is 0 Å². The van der Waals surface area contributed by atoms with Gasteiger partial charge in [-0.1, -0.05) is 6.07 Å². The average Bonchev–Trinajstić information content (AvgIpc) is 3.25. The maximum Gasteiger partial charge on any atom is 0.237 e. The Balaban J connectivity index is 1.49. The Kier molecular flexibility index (Phi) is 5.43. The van der Waals surface area contributed by atoms with Crippen LogP contribution < -0.4 is 5.32 Å². The second-order valence-electron chi connectivity index (χ2n) is 5.69. The van der Waals surface area contributed by atoms with Crippen molar-refractivity contribution in [1.29, 1.82) is 0 Å². The molecule has 3 rings (SSSR count). The number of ether oxygens (including phenoxy) is 1. The molecule has 3 heterocycles. The van der Waals surface area contributed by atoms with Gasteiger partial charge in [-0.25, -0.2) is 0 Å². The first-order chi connectivity index (χ1) is 11.2. The van der Waals surface area contributed by atoms with Gasteiger partial charge in [0.25, 0.3) is 0 Å². The number of hydrogen-bond acceptors (Lipinski definition) is 5. The molecular formula is C16H22N4O2S. The van der Waals surface area contributed by atoms with Crippen LogP contribution in [-0.2, 0) is 22.6 Å². The van der Waals surface area contributed by atoms with E-state index in [1.54, 1.807) is 17.5 Å². The van der Waals surface area contributed by atoms with Crippen molar-refractivity contribution in [3.05, 3.63) is 40.8 Å². The molecule has 2 aromatic rings. The standard InChI is InChI=1S/C16H22N4O2S/c1-13(16(21)17-10-15-4-2-9-23-15)19-7-8-22-14(11-19)12-20-6-3-5-18-20/h2-6,9,13-14H,7-8,10-12H2,1H3,(H,17,21). The fourth-order valence-electron chi connectivity index (χ4n) is 2.72. The number of nitrogens with zero attached hydrogens (tertiary/aromatic N) is 3. The second-order valence-corrected chi connectivity index (χ2v) is 6.72. The van der Waals surface area contributed by atoms with Gasteiger partial charge in [0, 0.05) is 30.4 Å². The number of hydrogen-bond donors (Lipinski definition) is 1. The van der Waals surface area contributed by atoms with Gasteiger partial charge in [-0.3, -0.25) is 14.4 Å². The first-order valence-electron chi connectivity index (χ1n) is 7.85. The minimum atomic E-state index is -0.154. The topological polar surface area (TPSA) is 59.4 Å². The molecule has 2 unspecified atom stereocenters. The number of nitrogens with one attached hydrogen (secondary N) is 1. The van der Waals surface area contributed by atoms with Crippen molar-refractivity contribution >= 4 is 17.2 Å². The van der Waals surface area contributed by atoms with Gasteiger partial charge >= 0.3 is 0 Å². The van der Waals surface area contributed by atoms with E-state index in [9.17, 15) is 4.79 Å². The Labute approximate surface area is 140 Å². The summed E-state index contributed by atoms with van der Waals surface area (Å²) in [5, 5.41) is 9.25. The zero-order valence-corrected chi connectivity index (χ0v) is 14.0. The minimum Gasteiger partial charge on any atom is -0.374 e. The molecule has 1 N–H and O–H groups in total. The monoisotopic (exact) mass is 334 g/mol. The fourth-order valence-corrected chi connectivity index (χ4v) is 3.37. The molecule has 1 aliphatic heterocycles. The molecule has 0 spiro atoms. The summed E-state index contributed by atoms with van der Waals surface area (Å²) in [6.45, 7) is 5.44. The highest BCUT2D eigenvalue weighted by molar-refractivity contribution is 7.09. The van der Waals surface area contributed by atoms with Crippen LogP contribution >= 0.6 is 11.3 Å². The Hall–Kier alpha value is -1.70. The molecule has 1 aliphatic rings. The Morgan fingerprint density at radius 1 is 1.57 bits per heavy atom. The third-order valence-electron chi connectivity index (χ3n) is 4.06. The second kappa shape index (κ2) is 7.72. The van der Waals surface area contributed by atoms with E-state index in [0.717, 1.165) is 13.1 Å². The van der Waals surface area contributed by atoms with Crippen molar-refractivity contribution in [3.8, 4) is 0 Å². The summed E-state index contributed by atoms with van der Waals surface area (Å²) in [6.07, 6.45) is 3.76. The van der Waals surface area contributed by atoms with Gasteiger partial charge in [0.2, 0.25) is 5.91 Å². The fraction of sp³-hybridized carbons (Fsp3) is 0.500. The van der Waals surface area contributed by atoms with Crippen molar-refractivity contribution in [1.82, 2.24) is 20.0 Å². The maximum absolute atomic E-state index is 12.4. The van der Waals surface area contributed by atoms with Gasteiger partial charge in [-0.05, 0) is 24.4 Å². The van der Waals surface area contributed by atoms with Crippen molar-refractivity contribution in [3.63, 3.8) is 0 Å². The van der Waals surface area contributed by atoms with Crippen molar-refractivity contribution in [2.45, 2.75) is 32.2 Å². The molecule has 0 radical (unpaired) electrons. The van der Waals surface area contributed by atoms with E-state index in [2.05, 4.69) is 15.3 Å². The van der Waals surface area contributed by atoms with Crippen LogP contribution in [0, 0.1) is 0 Å². The number of morpholine rings is 1. The van der Waals surface area contributed by atoms with Gasteiger partial charge in [0.1, 0.15) is 0 Å². The summed E-state index contributed by atoms with van der Waals surface area (Å²) in [5.74, 6) is 0.0677. The van der Waals surface area contributed by atoms with Crippen molar-refractivity contribution in [2.75, 3.05) is 19.7 Å². The maximum atomic E-state index is 12.4. The van der Waals surface area contributed by atoms with E-state index in [1.807, 2.05) is 41.4 Å². The Morgan fingerprint density at radius 2 is 2.48 bits per heavy atom. The van der Waals surface area contributed by atoms with Crippen LogP contribution in [0.15, 0.2) is 36.0 Å². The molecule has 23 heavy (non-hydrogen) atoms. The number of thiophene rings is 1. The van der Waals surface area contributed by atoms with Crippen LogP contribution in [0.1, 0.15) is 11.8 Å². The first kappa shape index (κ1) is 16.2. The van der Waals surface area contributed by atoms with Gasteiger partial charge in [-0.2, -0.15) is 5.10 Å². The largest absolute Gasteiger partial charge is 0.374 e. The summed E-state index contributed by atoms with van der Waals surface area (Å²) >= 11 is 1.66. The number of aromatic nitrogens is 2. The highest BCUT2D eigenvalue weighted by Gasteiger charge is 2.28. The average molecular weight is 334 g/mol. The van der Waals surface area contributed by atoms with E-state index in [-0.39, 0.29) is 18.1 Å². The molecule has 0 aromatic carbocycles. The Bertz CT molecular complexity index is 600. The first-order valence-corrected chi connectivity index (χ1v) is 8.73. The van der Waals surface area contributed by atoms with Crippen molar-refractivity contribution in [2.24, 2.45) is 0 Å². The van der Waals surface area contributed by atoms with Gasteiger partial charge < -0.3 is 10.1 Å². The molecule has 0 bridgehead atoms. The molecule has 1 fully saturated rings.